The van der Waals surface area contributed by atoms with E-state index in [1.54, 1.807) is 6.92 Å². The lowest BCUT2D eigenvalue weighted by Crippen LogP contribution is -2.29. The number of hydrogen-bond donors (Lipinski definition) is 3. The van der Waals surface area contributed by atoms with Gasteiger partial charge in [0, 0.05) is 5.57 Å². The predicted molar refractivity (Wildman–Crippen MR) is 46.8 cm³/mol. The van der Waals surface area contributed by atoms with E-state index in [1.165, 1.54) is 6.92 Å². The molecule has 0 aromatic heterocycles. The highest BCUT2D eigenvalue weighted by Crippen LogP contribution is 1.81. The predicted octanol–water partition coefficient (Wildman–Crippen LogP) is 0.253. The molecule has 0 aromatic carbocycles. The maximum absolute atomic E-state index is 9.74. The Morgan fingerprint density at radius 2 is 2.00 bits per heavy atom. The number of amides is 2. The van der Waals surface area contributed by atoms with Gasteiger partial charge < -0.3 is 10.8 Å². The van der Waals surface area contributed by atoms with Crippen LogP contribution in [0.25, 0.3) is 0 Å². The van der Waals surface area contributed by atoms with E-state index >= 15 is 0 Å². The number of carbonyl (C=O) groups is 2. The van der Waals surface area contributed by atoms with E-state index in [0.29, 0.717) is 6.61 Å². The second-order valence-electron chi connectivity index (χ2n) is 1.98. The Balaban J connectivity index is 0. The summed E-state index contributed by atoms with van der Waals surface area (Å²) in [6.45, 7) is 6.78. The van der Waals surface area contributed by atoms with Gasteiger partial charge in [0.1, 0.15) is 0 Å². The van der Waals surface area contributed by atoms with E-state index < -0.39 is 12.0 Å². The highest BCUT2D eigenvalue weighted by Gasteiger charge is 1.90. The van der Waals surface area contributed by atoms with Crippen molar-refractivity contribution >= 4 is 12.0 Å². The number of urea groups is 1. The number of nitrogens with one attached hydrogen (secondary N) is 1. The monoisotopic (exact) mass is 190 g/mol. The molecular weight excluding hydrogens is 176 g/mol. The molecule has 0 heterocycles. The van der Waals surface area contributed by atoms with Crippen molar-refractivity contribution in [2.45, 2.75) is 13.8 Å². The minimum absolute atomic E-state index is 0.176. The molecule has 6 heteroatoms. The third-order valence-electron chi connectivity index (χ3n) is 0.682. The maximum Gasteiger partial charge on any atom is 0.336 e. The molecule has 0 spiro atoms. The highest BCUT2D eigenvalue weighted by atomic mass is 16.7. The van der Waals surface area contributed by atoms with Crippen molar-refractivity contribution < 1.29 is 19.5 Å². The van der Waals surface area contributed by atoms with Crippen molar-refractivity contribution in [3.63, 3.8) is 0 Å². The van der Waals surface area contributed by atoms with Gasteiger partial charge in [0.15, 0.2) is 0 Å². The first-order chi connectivity index (χ1) is 5.91. The van der Waals surface area contributed by atoms with Crippen LogP contribution in [0.15, 0.2) is 12.2 Å². The second-order valence-corrected chi connectivity index (χ2v) is 1.98. The van der Waals surface area contributed by atoms with Crippen LogP contribution in [0.4, 0.5) is 4.79 Å². The number of carboxylic acid groups (broad SMARTS) is 1. The quantitative estimate of drug-likeness (QED) is 0.438. The fourth-order valence-corrected chi connectivity index (χ4v) is 0.143. The highest BCUT2D eigenvalue weighted by molar-refractivity contribution is 5.84. The van der Waals surface area contributed by atoms with Gasteiger partial charge in [-0.2, -0.15) is 0 Å². The van der Waals surface area contributed by atoms with Crippen LogP contribution in [-0.4, -0.2) is 23.7 Å². The number of rotatable bonds is 3. The molecule has 0 rings (SSSR count). The van der Waals surface area contributed by atoms with Crippen LogP contribution in [0.5, 0.6) is 0 Å². The van der Waals surface area contributed by atoms with Gasteiger partial charge in [0.25, 0.3) is 0 Å². The number of nitrogens with two attached hydrogens (primary N) is 1. The van der Waals surface area contributed by atoms with E-state index in [0.717, 1.165) is 0 Å². The Hall–Kier alpha value is -1.56. The van der Waals surface area contributed by atoms with Crippen molar-refractivity contribution in [2.24, 2.45) is 5.73 Å². The summed E-state index contributed by atoms with van der Waals surface area (Å²) in [5, 5.41) is 7.89. The minimum atomic E-state index is -0.935. The van der Waals surface area contributed by atoms with E-state index in [4.69, 9.17) is 5.11 Å². The van der Waals surface area contributed by atoms with Gasteiger partial charge in [-0.25, -0.2) is 15.1 Å². The van der Waals surface area contributed by atoms with Crippen LogP contribution < -0.4 is 11.2 Å². The smallest absolute Gasteiger partial charge is 0.336 e. The van der Waals surface area contributed by atoms with Crippen molar-refractivity contribution in [1.82, 2.24) is 5.48 Å². The Labute approximate surface area is 76.3 Å². The first-order valence-electron chi connectivity index (χ1n) is 3.47. The van der Waals surface area contributed by atoms with Crippen LogP contribution in [0.2, 0.25) is 0 Å². The van der Waals surface area contributed by atoms with Gasteiger partial charge in [-0.1, -0.05) is 6.58 Å². The zero-order chi connectivity index (χ0) is 10.9. The van der Waals surface area contributed by atoms with Crippen molar-refractivity contribution in [3.8, 4) is 0 Å². The summed E-state index contributed by atoms with van der Waals surface area (Å²) in [6, 6.07) is -0.665. The summed E-state index contributed by atoms with van der Waals surface area (Å²) in [7, 11) is 0. The van der Waals surface area contributed by atoms with E-state index in [-0.39, 0.29) is 5.57 Å². The molecule has 0 aliphatic heterocycles. The number of carbonyl (C=O) groups excluding carboxylic acids is 1. The summed E-state index contributed by atoms with van der Waals surface area (Å²) in [5.41, 5.74) is 6.71. The Morgan fingerprint density at radius 3 is 2.08 bits per heavy atom. The number of aliphatic carboxylic acids is 1. The fourth-order valence-electron chi connectivity index (χ4n) is 0.143. The second kappa shape index (κ2) is 8.54. The molecule has 2 amide bonds. The first kappa shape index (κ1) is 14.0. The SMILES string of the molecule is C=C(C)C(=O)O.CCONC(N)=O. The van der Waals surface area contributed by atoms with Crippen molar-refractivity contribution in [2.75, 3.05) is 6.61 Å². The number of carboxylic acids is 1. The average Bonchev–Trinajstić information content (AvgIpc) is 2.01. The zero-order valence-electron chi connectivity index (χ0n) is 7.66. The standard InChI is InChI=1S/C4H6O2.C3H8N2O2/c1-3(2)4(5)6;1-2-7-5-3(4)6/h1H2,2H3,(H,5,6);2H2,1H3,(H3,4,5,6). The molecule has 0 fully saturated rings. The normalized spacial score (nSPS) is 7.85. The fraction of sp³-hybridized carbons (Fsp3) is 0.429. The summed E-state index contributed by atoms with van der Waals surface area (Å²) in [4.78, 5) is 23.7. The number of hydrogen-bond acceptors (Lipinski definition) is 3. The molecule has 4 N–H and O–H groups in total. The zero-order valence-corrected chi connectivity index (χ0v) is 7.66. The molecule has 0 bridgehead atoms. The summed E-state index contributed by atoms with van der Waals surface area (Å²) >= 11 is 0. The molecule has 0 saturated heterocycles. The van der Waals surface area contributed by atoms with Gasteiger partial charge in [0.2, 0.25) is 0 Å². The Kier molecular flexibility index (Phi) is 9.19. The van der Waals surface area contributed by atoms with Crippen LogP contribution in [0.1, 0.15) is 13.8 Å². The minimum Gasteiger partial charge on any atom is -0.478 e. The summed E-state index contributed by atoms with van der Waals surface area (Å²) in [6.07, 6.45) is 0. The van der Waals surface area contributed by atoms with E-state index in [9.17, 15) is 9.59 Å². The van der Waals surface area contributed by atoms with E-state index in [1.807, 2.05) is 5.48 Å². The third kappa shape index (κ3) is 17.9. The van der Waals surface area contributed by atoms with Crippen LogP contribution >= 0.6 is 0 Å². The lowest BCUT2D eigenvalue weighted by Gasteiger charge is -1.95. The molecule has 13 heavy (non-hydrogen) atoms. The van der Waals surface area contributed by atoms with Gasteiger partial charge in [0.05, 0.1) is 6.61 Å². The van der Waals surface area contributed by atoms with Crippen LogP contribution in [0.3, 0.4) is 0 Å². The largest absolute Gasteiger partial charge is 0.478 e. The summed E-state index contributed by atoms with van der Waals surface area (Å²) in [5.74, 6) is -0.935. The van der Waals surface area contributed by atoms with Gasteiger partial charge >= 0.3 is 12.0 Å². The van der Waals surface area contributed by atoms with Crippen molar-refractivity contribution in [1.29, 1.82) is 0 Å². The maximum atomic E-state index is 9.74. The topological polar surface area (TPSA) is 102 Å². The molecule has 0 unspecified atom stereocenters. The molecule has 6 nitrogen and oxygen atoms in total. The van der Waals surface area contributed by atoms with Crippen LogP contribution in [0, 0.1) is 0 Å². The molecular formula is C7H14N2O4. The molecule has 0 aliphatic rings. The Bertz CT molecular complexity index is 179. The number of hydroxylamine groups is 1. The molecule has 0 saturated carbocycles. The molecule has 0 atom stereocenters. The summed E-state index contributed by atoms with van der Waals surface area (Å²) < 4.78 is 0. The third-order valence-corrected chi connectivity index (χ3v) is 0.682. The first-order valence-corrected chi connectivity index (χ1v) is 3.47. The van der Waals surface area contributed by atoms with Crippen molar-refractivity contribution in [3.05, 3.63) is 12.2 Å². The molecule has 0 radical (unpaired) electrons. The van der Waals surface area contributed by atoms with Gasteiger partial charge in [-0.05, 0) is 13.8 Å². The van der Waals surface area contributed by atoms with E-state index in [2.05, 4.69) is 17.2 Å². The average molecular weight is 190 g/mol. The lowest BCUT2D eigenvalue weighted by molar-refractivity contribution is -0.132. The number of primary amides is 1. The molecule has 0 aliphatic carbocycles. The lowest BCUT2D eigenvalue weighted by atomic mass is 10.4. The van der Waals surface area contributed by atoms with Gasteiger partial charge in [-0.3, -0.25) is 4.84 Å². The van der Waals surface area contributed by atoms with Gasteiger partial charge in [-0.15, -0.1) is 0 Å². The molecule has 0 aromatic rings. The molecule has 76 valence electrons. The Morgan fingerprint density at radius 1 is 1.62 bits per heavy atom. The van der Waals surface area contributed by atoms with Crippen LogP contribution in [-0.2, 0) is 9.63 Å².